The first-order valence-corrected chi connectivity index (χ1v) is 6.31. The van der Waals surface area contributed by atoms with Crippen LogP contribution in [0.1, 0.15) is 55.2 Å². The Morgan fingerprint density at radius 3 is 2.44 bits per heavy atom. The van der Waals surface area contributed by atoms with E-state index in [9.17, 15) is 0 Å². The number of aryl methyl sites for hydroxylation is 1. The molecule has 2 heteroatoms. The van der Waals surface area contributed by atoms with Crippen molar-refractivity contribution in [2.24, 2.45) is 0 Å². The summed E-state index contributed by atoms with van der Waals surface area (Å²) in [4.78, 5) is 0. The summed E-state index contributed by atoms with van der Waals surface area (Å²) in [6.45, 7) is 6.57. The predicted octanol–water partition coefficient (Wildman–Crippen LogP) is 4.66. The summed E-state index contributed by atoms with van der Waals surface area (Å²) >= 11 is 6.43. The average molecular weight is 239 g/mol. The van der Waals surface area contributed by atoms with Crippen molar-refractivity contribution >= 4 is 11.6 Å². The monoisotopic (exact) mass is 238 g/mol. The van der Waals surface area contributed by atoms with Gasteiger partial charge in [0.1, 0.15) is 5.75 Å². The summed E-state index contributed by atoms with van der Waals surface area (Å²) < 4.78 is 5.34. The highest BCUT2D eigenvalue weighted by Crippen LogP contribution is 2.48. The average Bonchev–Trinajstić information content (AvgIpc) is 3.03. The topological polar surface area (TPSA) is 9.23 Å². The molecule has 1 aromatic carbocycles. The zero-order valence-electron chi connectivity index (χ0n) is 10.4. The van der Waals surface area contributed by atoms with Crippen LogP contribution in [0.3, 0.4) is 0 Å². The van der Waals surface area contributed by atoms with E-state index in [4.69, 9.17) is 16.3 Å². The third kappa shape index (κ3) is 1.93. The summed E-state index contributed by atoms with van der Waals surface area (Å²) in [7, 11) is 1.68. The van der Waals surface area contributed by atoms with Crippen LogP contribution in [0.4, 0.5) is 0 Å². The fraction of sp³-hybridized carbons (Fsp3) is 0.571. The van der Waals surface area contributed by atoms with Crippen molar-refractivity contribution in [3.63, 3.8) is 0 Å². The number of methoxy groups -OCH3 is 1. The molecule has 0 bridgehead atoms. The predicted molar refractivity (Wildman–Crippen MR) is 68.8 cm³/mol. The molecule has 1 aromatic rings. The number of ether oxygens (including phenoxy) is 1. The van der Waals surface area contributed by atoms with Crippen LogP contribution in [-0.4, -0.2) is 7.11 Å². The Morgan fingerprint density at radius 2 is 2.00 bits per heavy atom. The highest BCUT2D eigenvalue weighted by atomic mass is 35.5. The zero-order chi connectivity index (χ0) is 11.9. The van der Waals surface area contributed by atoms with E-state index in [1.54, 1.807) is 7.11 Å². The van der Waals surface area contributed by atoms with Crippen molar-refractivity contribution in [2.45, 2.75) is 45.4 Å². The lowest BCUT2D eigenvalue weighted by Crippen LogP contribution is -2.01. The molecule has 0 radical (unpaired) electrons. The molecule has 16 heavy (non-hydrogen) atoms. The third-order valence-corrected chi connectivity index (χ3v) is 3.69. The lowest BCUT2D eigenvalue weighted by Gasteiger charge is -2.19. The quantitative estimate of drug-likeness (QED) is 0.744. The molecule has 0 spiro atoms. The molecule has 0 unspecified atom stereocenters. The number of hydrogen-bond acceptors (Lipinski definition) is 1. The molecule has 0 aromatic heterocycles. The Hall–Kier alpha value is -0.690. The molecule has 1 fully saturated rings. The minimum absolute atomic E-state index is 0.455. The lowest BCUT2D eigenvalue weighted by atomic mass is 9.90. The fourth-order valence-corrected chi connectivity index (χ4v) is 2.88. The van der Waals surface area contributed by atoms with Crippen LogP contribution in [0, 0.1) is 6.92 Å². The van der Waals surface area contributed by atoms with Crippen molar-refractivity contribution in [3.05, 3.63) is 27.8 Å². The van der Waals surface area contributed by atoms with Gasteiger partial charge in [0, 0.05) is 0 Å². The van der Waals surface area contributed by atoms with E-state index in [1.807, 2.05) is 0 Å². The highest BCUT2D eigenvalue weighted by Gasteiger charge is 2.30. The minimum Gasteiger partial charge on any atom is -0.495 e. The minimum atomic E-state index is 0.455. The van der Waals surface area contributed by atoms with E-state index in [0.717, 1.165) is 16.7 Å². The van der Waals surface area contributed by atoms with Crippen molar-refractivity contribution in [2.75, 3.05) is 7.11 Å². The van der Waals surface area contributed by atoms with Crippen LogP contribution < -0.4 is 4.74 Å². The maximum atomic E-state index is 6.43. The highest BCUT2D eigenvalue weighted by molar-refractivity contribution is 6.33. The van der Waals surface area contributed by atoms with Crippen LogP contribution in [-0.2, 0) is 0 Å². The van der Waals surface area contributed by atoms with Gasteiger partial charge in [-0.15, -0.1) is 0 Å². The summed E-state index contributed by atoms with van der Waals surface area (Å²) in [5.74, 6) is 2.00. The first-order valence-electron chi connectivity index (χ1n) is 5.93. The molecule has 0 atom stereocenters. The van der Waals surface area contributed by atoms with Gasteiger partial charge < -0.3 is 4.74 Å². The second kappa shape index (κ2) is 4.29. The number of rotatable bonds is 3. The van der Waals surface area contributed by atoms with Crippen molar-refractivity contribution < 1.29 is 4.74 Å². The molecule has 1 nitrogen and oxygen atoms in total. The molecule has 1 aliphatic carbocycles. The number of hydrogen-bond donors (Lipinski definition) is 0. The molecule has 0 amide bonds. The summed E-state index contributed by atoms with van der Waals surface area (Å²) in [6.07, 6.45) is 2.62. The van der Waals surface area contributed by atoms with E-state index >= 15 is 0 Å². The first-order chi connectivity index (χ1) is 7.56. The molecule has 0 saturated heterocycles. The third-order valence-electron chi connectivity index (χ3n) is 3.30. The maximum Gasteiger partial charge on any atom is 0.138 e. The number of benzene rings is 1. The van der Waals surface area contributed by atoms with Gasteiger partial charge in [-0.25, -0.2) is 0 Å². The summed E-state index contributed by atoms with van der Waals surface area (Å²) in [5.41, 5.74) is 4.09. The summed E-state index contributed by atoms with van der Waals surface area (Å²) in [5, 5.41) is 0.810. The normalized spacial score (nSPS) is 15.6. The van der Waals surface area contributed by atoms with E-state index < -0.39 is 0 Å². The molecular formula is C14H19ClO. The van der Waals surface area contributed by atoms with Gasteiger partial charge in [0.05, 0.1) is 12.1 Å². The Kier molecular flexibility index (Phi) is 3.16. The fourth-order valence-electron chi connectivity index (χ4n) is 2.43. The Morgan fingerprint density at radius 1 is 1.38 bits per heavy atom. The molecule has 0 N–H and O–H groups in total. The lowest BCUT2D eigenvalue weighted by molar-refractivity contribution is 0.413. The second-order valence-corrected chi connectivity index (χ2v) is 5.34. The maximum absolute atomic E-state index is 6.43. The Balaban J connectivity index is 2.62. The van der Waals surface area contributed by atoms with E-state index in [-0.39, 0.29) is 0 Å². The molecular weight excluding hydrogens is 220 g/mol. The van der Waals surface area contributed by atoms with E-state index in [2.05, 4.69) is 26.8 Å². The van der Waals surface area contributed by atoms with Crippen molar-refractivity contribution in [3.8, 4) is 5.75 Å². The zero-order valence-corrected chi connectivity index (χ0v) is 11.2. The molecule has 1 aliphatic rings. The molecule has 0 aliphatic heterocycles. The molecule has 88 valence electrons. The molecule has 1 saturated carbocycles. The van der Waals surface area contributed by atoms with E-state index in [1.165, 1.54) is 29.5 Å². The van der Waals surface area contributed by atoms with Gasteiger partial charge in [-0.05, 0) is 54.4 Å². The second-order valence-electron chi connectivity index (χ2n) is 4.97. The van der Waals surface area contributed by atoms with Crippen LogP contribution in [0.2, 0.25) is 5.02 Å². The van der Waals surface area contributed by atoms with Crippen LogP contribution >= 0.6 is 11.6 Å². The van der Waals surface area contributed by atoms with E-state index in [0.29, 0.717) is 5.92 Å². The van der Waals surface area contributed by atoms with Crippen LogP contribution in [0.25, 0.3) is 0 Å². The standard InChI is InChI=1S/C14H19ClO/c1-8(2)12-13(10-5-6-10)9(3)7-11(16-4)14(12)15/h7-8,10H,5-6H2,1-4H3. The SMILES string of the molecule is COc1cc(C)c(C2CC2)c(C(C)C)c1Cl. The Bertz CT molecular complexity index is 406. The first kappa shape index (κ1) is 11.8. The van der Waals surface area contributed by atoms with Crippen LogP contribution in [0.15, 0.2) is 6.07 Å². The van der Waals surface area contributed by atoms with Gasteiger partial charge in [0.2, 0.25) is 0 Å². The molecule has 0 heterocycles. The summed E-state index contributed by atoms with van der Waals surface area (Å²) in [6, 6.07) is 2.07. The van der Waals surface area contributed by atoms with Gasteiger partial charge in [-0.1, -0.05) is 25.4 Å². The number of halogens is 1. The van der Waals surface area contributed by atoms with Gasteiger partial charge >= 0.3 is 0 Å². The van der Waals surface area contributed by atoms with Gasteiger partial charge in [0.15, 0.2) is 0 Å². The van der Waals surface area contributed by atoms with Crippen molar-refractivity contribution in [1.82, 2.24) is 0 Å². The Labute approximate surface area is 103 Å². The van der Waals surface area contributed by atoms with Gasteiger partial charge in [-0.2, -0.15) is 0 Å². The smallest absolute Gasteiger partial charge is 0.138 e. The van der Waals surface area contributed by atoms with Gasteiger partial charge in [-0.3, -0.25) is 0 Å². The molecule has 2 rings (SSSR count). The van der Waals surface area contributed by atoms with Crippen molar-refractivity contribution in [1.29, 1.82) is 0 Å². The van der Waals surface area contributed by atoms with Crippen LogP contribution in [0.5, 0.6) is 5.75 Å². The largest absolute Gasteiger partial charge is 0.495 e. The van der Waals surface area contributed by atoms with Gasteiger partial charge in [0.25, 0.3) is 0 Å².